The maximum atomic E-state index is 13.9. The van der Waals surface area contributed by atoms with Crippen LogP contribution in [0.5, 0.6) is 0 Å². The van der Waals surface area contributed by atoms with E-state index in [-0.39, 0.29) is 23.7 Å². The standard InChI is InChI=1S/C24H20ClF4N5O/c1-15-9-31-33(11-15)12-16-2-4-17(5-3-16)13-34-14-20(22(32-34)24(27,28)29)23(35)30-10-18-6-7-19(25)8-21(18)26/h2-9,11,14H,10,12-13H2,1H3,(H,30,35). The zero-order valence-electron chi connectivity index (χ0n) is 18.5. The number of rotatable bonds is 7. The maximum Gasteiger partial charge on any atom is 0.435 e. The Morgan fingerprint density at radius 1 is 1.03 bits per heavy atom. The zero-order chi connectivity index (χ0) is 25.2. The fourth-order valence-electron chi connectivity index (χ4n) is 3.49. The average Bonchev–Trinajstić information content (AvgIpc) is 3.40. The fraction of sp³-hybridized carbons (Fsp3) is 0.208. The molecular weight excluding hydrogens is 486 g/mol. The number of carbonyl (C=O) groups is 1. The third kappa shape index (κ3) is 6.07. The van der Waals surface area contributed by atoms with E-state index in [0.717, 1.165) is 28.1 Å². The van der Waals surface area contributed by atoms with Crippen LogP contribution in [0.25, 0.3) is 0 Å². The highest BCUT2D eigenvalue weighted by Crippen LogP contribution is 2.31. The van der Waals surface area contributed by atoms with Gasteiger partial charge in [-0.15, -0.1) is 0 Å². The lowest BCUT2D eigenvalue weighted by molar-refractivity contribution is -0.141. The van der Waals surface area contributed by atoms with Crippen molar-refractivity contribution < 1.29 is 22.4 Å². The van der Waals surface area contributed by atoms with Gasteiger partial charge in [0.25, 0.3) is 5.91 Å². The number of hydrogen-bond acceptors (Lipinski definition) is 3. The number of amides is 1. The molecule has 2 aromatic carbocycles. The van der Waals surface area contributed by atoms with E-state index < -0.39 is 29.2 Å². The van der Waals surface area contributed by atoms with Crippen LogP contribution in [0.15, 0.2) is 61.1 Å². The van der Waals surface area contributed by atoms with E-state index in [2.05, 4.69) is 15.5 Å². The Hall–Kier alpha value is -3.66. The van der Waals surface area contributed by atoms with Crippen LogP contribution in [0.2, 0.25) is 5.02 Å². The van der Waals surface area contributed by atoms with Crippen molar-refractivity contribution in [2.45, 2.75) is 32.7 Å². The molecule has 2 aromatic heterocycles. The first-order valence-electron chi connectivity index (χ1n) is 10.5. The molecule has 0 atom stereocenters. The van der Waals surface area contributed by atoms with E-state index in [0.29, 0.717) is 12.1 Å². The van der Waals surface area contributed by atoms with Crippen LogP contribution in [-0.2, 0) is 25.8 Å². The van der Waals surface area contributed by atoms with Crippen LogP contribution in [0.3, 0.4) is 0 Å². The minimum Gasteiger partial charge on any atom is -0.348 e. The minimum atomic E-state index is -4.84. The summed E-state index contributed by atoms with van der Waals surface area (Å²) in [6.07, 6.45) is -0.139. The normalized spacial score (nSPS) is 11.6. The van der Waals surface area contributed by atoms with Crippen molar-refractivity contribution in [1.82, 2.24) is 24.9 Å². The highest BCUT2D eigenvalue weighted by atomic mass is 35.5. The number of aromatic nitrogens is 4. The largest absolute Gasteiger partial charge is 0.435 e. The molecule has 0 bridgehead atoms. The molecule has 6 nitrogen and oxygen atoms in total. The first-order chi connectivity index (χ1) is 16.6. The average molecular weight is 506 g/mol. The number of aryl methyl sites for hydroxylation is 1. The molecule has 0 aliphatic rings. The van der Waals surface area contributed by atoms with Gasteiger partial charge in [-0.25, -0.2) is 4.39 Å². The van der Waals surface area contributed by atoms with E-state index in [9.17, 15) is 22.4 Å². The number of nitrogens with one attached hydrogen (secondary N) is 1. The van der Waals surface area contributed by atoms with Crippen molar-refractivity contribution in [3.8, 4) is 0 Å². The quantitative estimate of drug-likeness (QED) is 0.350. The summed E-state index contributed by atoms with van der Waals surface area (Å²) in [5.41, 5.74) is 0.863. The first kappa shape index (κ1) is 24.5. The molecule has 182 valence electrons. The van der Waals surface area contributed by atoms with E-state index in [1.165, 1.54) is 12.1 Å². The molecule has 2 heterocycles. The summed E-state index contributed by atoms with van der Waals surface area (Å²) in [7, 11) is 0. The lowest BCUT2D eigenvalue weighted by Crippen LogP contribution is -2.25. The topological polar surface area (TPSA) is 64.7 Å². The zero-order valence-corrected chi connectivity index (χ0v) is 19.2. The van der Waals surface area contributed by atoms with Gasteiger partial charge < -0.3 is 5.32 Å². The molecule has 0 saturated carbocycles. The van der Waals surface area contributed by atoms with Crippen LogP contribution in [0, 0.1) is 12.7 Å². The number of hydrogen-bond donors (Lipinski definition) is 1. The third-order valence-corrected chi connectivity index (χ3v) is 5.44. The number of nitrogens with zero attached hydrogens (tertiary/aromatic N) is 4. The number of benzene rings is 2. The molecule has 11 heteroatoms. The molecule has 0 radical (unpaired) electrons. The summed E-state index contributed by atoms with van der Waals surface area (Å²) in [6.45, 7) is 2.23. The third-order valence-electron chi connectivity index (χ3n) is 5.20. The number of carbonyl (C=O) groups excluding carboxylic acids is 1. The van der Waals surface area contributed by atoms with Crippen LogP contribution >= 0.6 is 11.6 Å². The van der Waals surface area contributed by atoms with Crippen molar-refractivity contribution in [2.24, 2.45) is 0 Å². The Labute approximate surface area is 203 Å². The van der Waals surface area contributed by atoms with Crippen molar-refractivity contribution in [3.05, 3.63) is 105 Å². The molecular formula is C24H20ClF4N5O. The molecule has 0 aliphatic carbocycles. The van der Waals surface area contributed by atoms with Gasteiger partial charge >= 0.3 is 6.18 Å². The predicted molar refractivity (Wildman–Crippen MR) is 121 cm³/mol. The molecule has 0 fully saturated rings. The van der Waals surface area contributed by atoms with E-state index in [1.807, 2.05) is 25.3 Å². The lowest BCUT2D eigenvalue weighted by Gasteiger charge is -2.08. The summed E-state index contributed by atoms with van der Waals surface area (Å²) in [5, 5.41) is 10.3. The van der Waals surface area contributed by atoms with Crippen molar-refractivity contribution in [3.63, 3.8) is 0 Å². The molecule has 0 aliphatic heterocycles. The lowest BCUT2D eigenvalue weighted by atomic mass is 10.1. The Morgan fingerprint density at radius 3 is 2.26 bits per heavy atom. The molecule has 0 unspecified atom stereocenters. The van der Waals surface area contributed by atoms with Crippen LogP contribution < -0.4 is 5.32 Å². The van der Waals surface area contributed by atoms with E-state index >= 15 is 0 Å². The molecule has 35 heavy (non-hydrogen) atoms. The molecule has 4 aromatic rings. The monoisotopic (exact) mass is 505 g/mol. The van der Waals surface area contributed by atoms with Gasteiger partial charge in [0.1, 0.15) is 5.82 Å². The smallest absolute Gasteiger partial charge is 0.348 e. The van der Waals surface area contributed by atoms with Crippen molar-refractivity contribution in [1.29, 1.82) is 0 Å². The van der Waals surface area contributed by atoms with E-state index in [1.54, 1.807) is 23.0 Å². The summed E-state index contributed by atoms with van der Waals surface area (Å²) < 4.78 is 57.4. The van der Waals surface area contributed by atoms with Gasteiger partial charge in [0, 0.05) is 29.5 Å². The van der Waals surface area contributed by atoms with Gasteiger partial charge in [0.15, 0.2) is 5.69 Å². The number of halogens is 5. The summed E-state index contributed by atoms with van der Waals surface area (Å²) >= 11 is 5.69. The molecule has 0 spiro atoms. The molecule has 1 N–H and O–H groups in total. The second-order valence-corrected chi connectivity index (χ2v) is 8.47. The Morgan fingerprint density at radius 2 is 1.69 bits per heavy atom. The second kappa shape index (κ2) is 9.91. The van der Waals surface area contributed by atoms with Crippen molar-refractivity contribution in [2.75, 3.05) is 0 Å². The van der Waals surface area contributed by atoms with Gasteiger partial charge in [-0.2, -0.15) is 23.4 Å². The predicted octanol–water partition coefficient (Wildman–Crippen LogP) is 5.23. The highest BCUT2D eigenvalue weighted by molar-refractivity contribution is 6.30. The van der Waals surface area contributed by atoms with Gasteiger partial charge in [0.2, 0.25) is 0 Å². The Bertz CT molecular complexity index is 1340. The van der Waals surface area contributed by atoms with E-state index in [4.69, 9.17) is 11.6 Å². The Kier molecular flexibility index (Phi) is 6.93. The highest BCUT2D eigenvalue weighted by Gasteiger charge is 2.39. The summed E-state index contributed by atoms with van der Waals surface area (Å²) in [6, 6.07) is 11.1. The van der Waals surface area contributed by atoms with Crippen LogP contribution in [-0.4, -0.2) is 25.5 Å². The van der Waals surface area contributed by atoms with Gasteiger partial charge in [-0.05, 0) is 35.7 Å². The SMILES string of the molecule is Cc1cnn(Cc2ccc(Cn3cc(C(=O)NCc4ccc(Cl)cc4F)c(C(F)(F)F)n3)cc2)c1. The van der Waals surface area contributed by atoms with Gasteiger partial charge in [0.05, 0.1) is 24.8 Å². The maximum absolute atomic E-state index is 13.9. The Balaban J connectivity index is 1.48. The van der Waals surface area contributed by atoms with Crippen LogP contribution in [0.4, 0.5) is 17.6 Å². The molecule has 1 amide bonds. The fourth-order valence-corrected chi connectivity index (χ4v) is 3.65. The van der Waals surface area contributed by atoms with Gasteiger partial charge in [-0.1, -0.05) is 41.9 Å². The summed E-state index contributed by atoms with van der Waals surface area (Å²) in [5.74, 6) is -1.68. The molecule has 4 rings (SSSR count). The van der Waals surface area contributed by atoms with Crippen molar-refractivity contribution >= 4 is 17.5 Å². The van der Waals surface area contributed by atoms with Gasteiger partial charge in [-0.3, -0.25) is 14.2 Å². The summed E-state index contributed by atoms with van der Waals surface area (Å²) in [4.78, 5) is 12.5. The minimum absolute atomic E-state index is 0.0311. The van der Waals surface area contributed by atoms with Crippen LogP contribution in [0.1, 0.15) is 38.3 Å². The first-order valence-corrected chi connectivity index (χ1v) is 10.9. The second-order valence-electron chi connectivity index (χ2n) is 8.04. The number of alkyl halides is 3. The molecule has 0 saturated heterocycles.